The van der Waals surface area contributed by atoms with Gasteiger partial charge in [0, 0.05) is 30.4 Å². The van der Waals surface area contributed by atoms with Crippen LogP contribution in [0.5, 0.6) is 0 Å². The van der Waals surface area contributed by atoms with E-state index in [1.54, 1.807) is 12.1 Å². The first-order chi connectivity index (χ1) is 14.8. The van der Waals surface area contributed by atoms with E-state index in [2.05, 4.69) is 47.1 Å². The van der Waals surface area contributed by atoms with Crippen LogP contribution in [-0.2, 0) is 17.6 Å². The Morgan fingerprint density at radius 1 is 1.13 bits per heavy atom. The van der Waals surface area contributed by atoms with Gasteiger partial charge in [-0.15, -0.1) is 0 Å². The summed E-state index contributed by atoms with van der Waals surface area (Å²) in [6.07, 6.45) is 3.16. The lowest BCUT2D eigenvalue weighted by Gasteiger charge is -2.19. The lowest BCUT2D eigenvalue weighted by atomic mass is 10.1. The maximum atomic E-state index is 11.8. The zero-order valence-corrected chi connectivity index (χ0v) is 18.5. The molecule has 0 saturated heterocycles. The van der Waals surface area contributed by atoms with Gasteiger partial charge in [0.05, 0.1) is 17.3 Å². The Kier molecular flexibility index (Phi) is 6.76. The summed E-state index contributed by atoms with van der Waals surface area (Å²) < 4.78 is 7.35. The third-order valence-electron chi connectivity index (χ3n) is 4.70. The molecule has 0 aliphatic heterocycles. The Labute approximate surface area is 183 Å². The SMILES string of the molecule is CCc1nc(-c2ccc(C#N)cc2)cn1-c1ccc(CCNC(=O)OC(C)(C)C)cc1. The van der Waals surface area contributed by atoms with E-state index in [1.807, 2.05) is 39.1 Å². The van der Waals surface area contributed by atoms with Gasteiger partial charge in [-0.25, -0.2) is 9.78 Å². The van der Waals surface area contributed by atoms with Crippen molar-refractivity contribution in [2.45, 2.75) is 46.1 Å². The number of hydrogen-bond acceptors (Lipinski definition) is 4. The zero-order chi connectivity index (χ0) is 22.4. The molecule has 1 amide bonds. The summed E-state index contributed by atoms with van der Waals surface area (Å²) in [5.74, 6) is 0.971. The minimum absolute atomic E-state index is 0.398. The van der Waals surface area contributed by atoms with Crippen LogP contribution in [0.25, 0.3) is 16.9 Å². The van der Waals surface area contributed by atoms with Gasteiger partial charge < -0.3 is 14.6 Å². The number of rotatable bonds is 6. The van der Waals surface area contributed by atoms with E-state index < -0.39 is 11.7 Å². The highest BCUT2D eigenvalue weighted by Gasteiger charge is 2.15. The molecule has 6 nitrogen and oxygen atoms in total. The number of carbonyl (C=O) groups excluding carboxylic acids is 1. The smallest absolute Gasteiger partial charge is 0.407 e. The van der Waals surface area contributed by atoms with Crippen LogP contribution in [0.4, 0.5) is 4.79 Å². The fraction of sp³-hybridized carbons (Fsp3) is 0.320. The predicted molar refractivity (Wildman–Crippen MR) is 121 cm³/mol. The summed E-state index contributed by atoms with van der Waals surface area (Å²) in [7, 11) is 0. The molecule has 0 unspecified atom stereocenters. The first-order valence-electron chi connectivity index (χ1n) is 10.4. The third kappa shape index (κ3) is 5.95. The number of aromatic nitrogens is 2. The second kappa shape index (κ2) is 9.48. The third-order valence-corrected chi connectivity index (χ3v) is 4.70. The van der Waals surface area contributed by atoms with Gasteiger partial charge in [-0.05, 0) is 57.0 Å². The van der Waals surface area contributed by atoms with Crippen LogP contribution in [0.15, 0.2) is 54.7 Å². The number of alkyl carbamates (subject to hydrolysis) is 1. The van der Waals surface area contributed by atoms with E-state index in [-0.39, 0.29) is 0 Å². The van der Waals surface area contributed by atoms with Crippen molar-refractivity contribution >= 4 is 6.09 Å². The largest absolute Gasteiger partial charge is 0.444 e. The number of imidazole rings is 1. The van der Waals surface area contributed by atoms with Crippen molar-refractivity contribution in [1.82, 2.24) is 14.9 Å². The van der Waals surface area contributed by atoms with Crippen molar-refractivity contribution in [3.63, 3.8) is 0 Å². The number of hydrogen-bond donors (Lipinski definition) is 1. The fourth-order valence-electron chi connectivity index (χ4n) is 3.19. The van der Waals surface area contributed by atoms with Crippen LogP contribution >= 0.6 is 0 Å². The normalized spacial score (nSPS) is 11.1. The Morgan fingerprint density at radius 3 is 2.39 bits per heavy atom. The molecule has 1 heterocycles. The number of nitrogens with one attached hydrogen (secondary N) is 1. The first kappa shape index (κ1) is 22.1. The highest BCUT2D eigenvalue weighted by atomic mass is 16.6. The molecule has 0 radical (unpaired) electrons. The van der Waals surface area contributed by atoms with Crippen molar-refractivity contribution in [1.29, 1.82) is 5.26 Å². The molecular formula is C25H28N4O2. The second-order valence-corrected chi connectivity index (χ2v) is 8.30. The Hall–Kier alpha value is -3.59. The topological polar surface area (TPSA) is 79.9 Å². The molecule has 0 aliphatic carbocycles. The molecule has 3 rings (SSSR count). The van der Waals surface area contributed by atoms with Gasteiger partial charge in [0.25, 0.3) is 0 Å². The Bertz CT molecular complexity index is 1070. The average molecular weight is 417 g/mol. The van der Waals surface area contributed by atoms with Crippen LogP contribution in [0.2, 0.25) is 0 Å². The van der Waals surface area contributed by atoms with E-state index in [0.29, 0.717) is 12.1 Å². The van der Waals surface area contributed by atoms with Gasteiger partial charge in [-0.1, -0.05) is 31.2 Å². The van der Waals surface area contributed by atoms with Crippen molar-refractivity contribution in [3.05, 3.63) is 71.7 Å². The summed E-state index contributed by atoms with van der Waals surface area (Å²) >= 11 is 0. The summed E-state index contributed by atoms with van der Waals surface area (Å²) in [5.41, 5.74) is 4.17. The molecule has 2 aromatic carbocycles. The van der Waals surface area contributed by atoms with Gasteiger partial charge in [0.2, 0.25) is 0 Å². The minimum Gasteiger partial charge on any atom is -0.444 e. The predicted octanol–water partition coefficient (Wildman–Crippen LogP) is 5.04. The molecule has 0 atom stereocenters. The van der Waals surface area contributed by atoms with Crippen LogP contribution in [0.1, 0.15) is 44.6 Å². The van der Waals surface area contributed by atoms with Gasteiger partial charge in [0.1, 0.15) is 11.4 Å². The molecule has 31 heavy (non-hydrogen) atoms. The monoisotopic (exact) mass is 416 g/mol. The lowest BCUT2D eigenvalue weighted by molar-refractivity contribution is 0.0528. The molecule has 6 heteroatoms. The highest BCUT2D eigenvalue weighted by molar-refractivity contribution is 5.67. The molecule has 0 saturated carbocycles. The van der Waals surface area contributed by atoms with Crippen LogP contribution in [0.3, 0.4) is 0 Å². The number of nitrogens with zero attached hydrogens (tertiary/aromatic N) is 3. The van der Waals surface area contributed by atoms with E-state index in [1.165, 1.54) is 0 Å². The van der Waals surface area contributed by atoms with E-state index in [9.17, 15) is 4.79 Å². The van der Waals surface area contributed by atoms with Gasteiger partial charge >= 0.3 is 6.09 Å². The molecule has 160 valence electrons. The molecule has 1 aromatic heterocycles. The standard InChI is InChI=1S/C25H28N4O2/c1-5-23-28-22(20-10-6-19(16-26)7-11-20)17-29(23)21-12-8-18(9-13-21)14-15-27-24(30)31-25(2,3)4/h6-13,17H,5,14-15H2,1-4H3,(H,27,30). The quantitative estimate of drug-likeness (QED) is 0.610. The summed E-state index contributed by atoms with van der Waals surface area (Å²) in [5, 5.41) is 11.8. The van der Waals surface area contributed by atoms with Gasteiger partial charge in [-0.2, -0.15) is 5.26 Å². The molecular weight excluding hydrogens is 388 g/mol. The van der Waals surface area contributed by atoms with Crippen molar-refractivity contribution in [3.8, 4) is 23.0 Å². The Balaban J connectivity index is 1.68. The summed E-state index contributed by atoms with van der Waals surface area (Å²) in [6.45, 7) is 8.14. The molecule has 3 aromatic rings. The molecule has 0 fully saturated rings. The fourth-order valence-corrected chi connectivity index (χ4v) is 3.19. The van der Waals surface area contributed by atoms with Crippen molar-refractivity contribution in [2.24, 2.45) is 0 Å². The van der Waals surface area contributed by atoms with Crippen molar-refractivity contribution < 1.29 is 9.53 Å². The number of ether oxygens (including phenoxy) is 1. The highest BCUT2D eigenvalue weighted by Crippen LogP contribution is 2.23. The van der Waals surface area contributed by atoms with Crippen molar-refractivity contribution in [2.75, 3.05) is 6.54 Å². The molecule has 0 spiro atoms. The maximum Gasteiger partial charge on any atom is 0.407 e. The zero-order valence-electron chi connectivity index (χ0n) is 18.5. The van der Waals surface area contributed by atoms with E-state index in [4.69, 9.17) is 15.0 Å². The first-order valence-corrected chi connectivity index (χ1v) is 10.4. The van der Waals surface area contributed by atoms with E-state index in [0.717, 1.165) is 41.2 Å². The van der Waals surface area contributed by atoms with Crippen LogP contribution in [-0.4, -0.2) is 27.8 Å². The molecule has 0 aliphatic rings. The van der Waals surface area contributed by atoms with Crippen LogP contribution in [0, 0.1) is 11.3 Å². The van der Waals surface area contributed by atoms with E-state index >= 15 is 0 Å². The average Bonchev–Trinajstić information content (AvgIpc) is 3.17. The number of benzene rings is 2. The Morgan fingerprint density at radius 2 is 1.81 bits per heavy atom. The number of aryl methyl sites for hydroxylation is 1. The maximum absolute atomic E-state index is 11.8. The number of carbonyl (C=O) groups is 1. The second-order valence-electron chi connectivity index (χ2n) is 8.30. The number of nitriles is 1. The number of amides is 1. The molecule has 1 N–H and O–H groups in total. The summed E-state index contributed by atoms with van der Waals surface area (Å²) in [4.78, 5) is 16.5. The van der Waals surface area contributed by atoms with Gasteiger partial charge in [0.15, 0.2) is 0 Å². The lowest BCUT2D eigenvalue weighted by Crippen LogP contribution is -2.33. The van der Waals surface area contributed by atoms with Gasteiger partial charge in [-0.3, -0.25) is 0 Å². The molecule has 0 bridgehead atoms. The summed E-state index contributed by atoms with van der Waals surface area (Å²) in [6, 6.07) is 17.8. The van der Waals surface area contributed by atoms with Crippen LogP contribution < -0.4 is 5.32 Å². The minimum atomic E-state index is -0.496.